The van der Waals surface area contributed by atoms with Gasteiger partial charge in [0, 0.05) is 16.7 Å². The zero-order valence-corrected chi connectivity index (χ0v) is 11.1. The molecule has 0 fully saturated rings. The highest BCUT2D eigenvalue weighted by atomic mass is 35.5. The van der Waals surface area contributed by atoms with E-state index in [1.165, 1.54) is 24.3 Å². The van der Waals surface area contributed by atoms with Crippen LogP contribution in [0.1, 0.15) is 27.1 Å². The molecule has 0 aliphatic rings. The maximum absolute atomic E-state index is 11.9. The zero-order chi connectivity index (χ0) is 14.7. The number of benzene rings is 2. The molecule has 2 aromatic rings. The van der Waals surface area contributed by atoms with Crippen molar-refractivity contribution in [2.45, 2.75) is 6.42 Å². The SMILES string of the molecule is O=C(CC(=O)c1ccc(O)cc1O)c1ccc(Cl)cc1. The van der Waals surface area contributed by atoms with Gasteiger partial charge in [-0.1, -0.05) is 11.6 Å². The van der Waals surface area contributed by atoms with Crippen molar-refractivity contribution in [3.8, 4) is 11.5 Å². The fraction of sp³-hybridized carbons (Fsp3) is 0.0667. The minimum atomic E-state index is -0.512. The second kappa shape index (κ2) is 5.75. The Morgan fingerprint density at radius 2 is 1.60 bits per heavy atom. The Balaban J connectivity index is 2.15. The summed E-state index contributed by atoms with van der Waals surface area (Å²) in [4.78, 5) is 23.9. The normalized spacial score (nSPS) is 10.2. The smallest absolute Gasteiger partial charge is 0.174 e. The molecule has 0 bridgehead atoms. The van der Waals surface area contributed by atoms with E-state index in [2.05, 4.69) is 0 Å². The molecule has 0 amide bonds. The van der Waals surface area contributed by atoms with Gasteiger partial charge in [0.15, 0.2) is 11.6 Å². The molecule has 0 unspecified atom stereocenters. The molecule has 2 rings (SSSR count). The first-order valence-corrected chi connectivity index (χ1v) is 6.19. The topological polar surface area (TPSA) is 74.6 Å². The van der Waals surface area contributed by atoms with Gasteiger partial charge in [0.1, 0.15) is 11.5 Å². The number of ketones is 2. The van der Waals surface area contributed by atoms with E-state index in [0.29, 0.717) is 10.6 Å². The molecule has 2 aromatic carbocycles. The fourth-order valence-corrected chi connectivity index (χ4v) is 1.86. The van der Waals surface area contributed by atoms with E-state index in [0.717, 1.165) is 6.07 Å². The summed E-state index contributed by atoms with van der Waals surface area (Å²) < 4.78 is 0. The first-order chi connectivity index (χ1) is 9.47. The summed E-state index contributed by atoms with van der Waals surface area (Å²) in [5.74, 6) is -1.37. The molecule has 0 radical (unpaired) electrons. The molecule has 0 aromatic heterocycles. The van der Waals surface area contributed by atoms with Crippen molar-refractivity contribution < 1.29 is 19.8 Å². The summed E-state index contributed by atoms with van der Waals surface area (Å²) >= 11 is 5.72. The molecule has 0 saturated heterocycles. The van der Waals surface area contributed by atoms with E-state index in [1.807, 2.05) is 0 Å². The lowest BCUT2D eigenvalue weighted by atomic mass is 10.0. The molecule has 20 heavy (non-hydrogen) atoms. The molecule has 0 saturated carbocycles. The second-order valence-electron chi connectivity index (χ2n) is 4.23. The fourth-order valence-electron chi connectivity index (χ4n) is 1.73. The van der Waals surface area contributed by atoms with Crippen molar-refractivity contribution in [3.63, 3.8) is 0 Å². The highest BCUT2D eigenvalue weighted by Gasteiger charge is 2.16. The number of carbonyl (C=O) groups excluding carboxylic acids is 2. The molecule has 0 aliphatic carbocycles. The summed E-state index contributed by atoms with van der Waals surface area (Å²) in [6, 6.07) is 9.82. The van der Waals surface area contributed by atoms with Gasteiger partial charge in [-0.05, 0) is 36.4 Å². The molecule has 0 heterocycles. The molecular formula is C15H11ClO4. The molecule has 0 atom stereocenters. The van der Waals surface area contributed by atoms with Gasteiger partial charge in [-0.15, -0.1) is 0 Å². The number of phenols is 2. The highest BCUT2D eigenvalue weighted by Crippen LogP contribution is 2.24. The minimum Gasteiger partial charge on any atom is -0.508 e. The Kier molecular flexibility index (Phi) is 4.05. The summed E-state index contributed by atoms with van der Waals surface area (Å²) in [6.45, 7) is 0. The maximum Gasteiger partial charge on any atom is 0.174 e. The van der Waals surface area contributed by atoms with Gasteiger partial charge in [0.25, 0.3) is 0 Å². The van der Waals surface area contributed by atoms with Crippen LogP contribution in [-0.2, 0) is 0 Å². The number of Topliss-reactive ketones (excluding diaryl/α,β-unsaturated/α-hetero) is 2. The third kappa shape index (κ3) is 3.16. The van der Waals surface area contributed by atoms with Gasteiger partial charge in [-0.25, -0.2) is 0 Å². The van der Waals surface area contributed by atoms with Crippen molar-refractivity contribution in [1.29, 1.82) is 0 Å². The van der Waals surface area contributed by atoms with Gasteiger partial charge < -0.3 is 10.2 Å². The quantitative estimate of drug-likeness (QED) is 0.670. The van der Waals surface area contributed by atoms with Gasteiger partial charge in [-0.3, -0.25) is 9.59 Å². The predicted molar refractivity (Wildman–Crippen MR) is 74.5 cm³/mol. The van der Waals surface area contributed by atoms with Crippen LogP contribution in [0.2, 0.25) is 5.02 Å². The molecule has 4 nitrogen and oxygen atoms in total. The summed E-state index contributed by atoms with van der Waals surface area (Å²) in [5.41, 5.74) is 0.381. The van der Waals surface area contributed by atoms with E-state index >= 15 is 0 Å². The van der Waals surface area contributed by atoms with Crippen LogP contribution in [0, 0.1) is 0 Å². The Morgan fingerprint density at radius 3 is 2.20 bits per heavy atom. The maximum atomic E-state index is 11.9. The lowest BCUT2D eigenvalue weighted by molar-refractivity contribution is 0.0893. The van der Waals surface area contributed by atoms with E-state index in [-0.39, 0.29) is 29.3 Å². The van der Waals surface area contributed by atoms with Crippen LogP contribution >= 0.6 is 11.6 Å². The van der Waals surface area contributed by atoms with Crippen molar-refractivity contribution in [1.82, 2.24) is 0 Å². The number of hydrogen-bond donors (Lipinski definition) is 2. The highest BCUT2D eigenvalue weighted by molar-refractivity contribution is 6.30. The van der Waals surface area contributed by atoms with Crippen LogP contribution in [0.5, 0.6) is 11.5 Å². The number of hydrogen-bond acceptors (Lipinski definition) is 4. The van der Waals surface area contributed by atoms with Crippen molar-refractivity contribution in [3.05, 3.63) is 58.6 Å². The Bertz CT molecular complexity index is 662. The lowest BCUT2D eigenvalue weighted by Gasteiger charge is -2.04. The van der Waals surface area contributed by atoms with Gasteiger partial charge in [0.05, 0.1) is 12.0 Å². The molecule has 0 aliphatic heterocycles. The average Bonchev–Trinajstić information content (AvgIpc) is 2.39. The minimum absolute atomic E-state index is 0.00473. The molecule has 102 valence electrons. The number of phenolic OH excluding ortho intramolecular Hbond substituents is 2. The summed E-state index contributed by atoms with van der Waals surface area (Å²) in [6.07, 6.45) is -0.361. The second-order valence-corrected chi connectivity index (χ2v) is 4.67. The van der Waals surface area contributed by atoms with Crippen molar-refractivity contribution in [2.75, 3.05) is 0 Å². The van der Waals surface area contributed by atoms with E-state index < -0.39 is 5.78 Å². The van der Waals surface area contributed by atoms with Crippen LogP contribution < -0.4 is 0 Å². The third-order valence-corrected chi connectivity index (χ3v) is 3.02. The average molecular weight is 291 g/mol. The number of aromatic hydroxyl groups is 2. The number of rotatable bonds is 4. The largest absolute Gasteiger partial charge is 0.508 e. The molecule has 2 N–H and O–H groups in total. The monoisotopic (exact) mass is 290 g/mol. The van der Waals surface area contributed by atoms with E-state index in [1.54, 1.807) is 12.1 Å². The summed E-state index contributed by atoms with van der Waals surface area (Å²) in [5, 5.41) is 19.2. The summed E-state index contributed by atoms with van der Waals surface area (Å²) in [7, 11) is 0. The Labute approximate surface area is 120 Å². The van der Waals surface area contributed by atoms with Crippen LogP contribution in [0.3, 0.4) is 0 Å². The van der Waals surface area contributed by atoms with Crippen molar-refractivity contribution in [2.24, 2.45) is 0 Å². The van der Waals surface area contributed by atoms with E-state index in [4.69, 9.17) is 16.7 Å². The van der Waals surface area contributed by atoms with Crippen molar-refractivity contribution >= 4 is 23.2 Å². The van der Waals surface area contributed by atoms with Crippen LogP contribution in [0.4, 0.5) is 0 Å². The third-order valence-electron chi connectivity index (χ3n) is 2.77. The standard InChI is InChI=1S/C15H11ClO4/c16-10-3-1-9(2-4-10)13(18)8-15(20)12-6-5-11(17)7-14(12)19/h1-7,17,19H,8H2. The molecular weight excluding hydrogens is 280 g/mol. The Hall–Kier alpha value is -2.33. The zero-order valence-electron chi connectivity index (χ0n) is 10.3. The van der Waals surface area contributed by atoms with Crippen LogP contribution in [0.25, 0.3) is 0 Å². The predicted octanol–water partition coefficient (Wildman–Crippen LogP) is 3.21. The first kappa shape index (κ1) is 14.1. The van der Waals surface area contributed by atoms with Gasteiger partial charge >= 0.3 is 0 Å². The van der Waals surface area contributed by atoms with Crippen LogP contribution in [0.15, 0.2) is 42.5 Å². The van der Waals surface area contributed by atoms with Gasteiger partial charge in [0.2, 0.25) is 0 Å². The van der Waals surface area contributed by atoms with Gasteiger partial charge in [-0.2, -0.15) is 0 Å². The molecule has 5 heteroatoms. The number of carbonyl (C=O) groups is 2. The number of halogens is 1. The molecule has 0 spiro atoms. The van der Waals surface area contributed by atoms with E-state index in [9.17, 15) is 14.7 Å². The first-order valence-electron chi connectivity index (χ1n) is 5.81. The van der Waals surface area contributed by atoms with Crippen LogP contribution in [-0.4, -0.2) is 21.8 Å². The Morgan fingerprint density at radius 1 is 0.950 bits per heavy atom. The lowest BCUT2D eigenvalue weighted by Crippen LogP contribution is -2.08.